The number of fused-ring (bicyclic) bond motifs is 3. The summed E-state index contributed by atoms with van der Waals surface area (Å²) in [5.74, 6) is -0.277. The van der Waals surface area contributed by atoms with E-state index in [1.54, 1.807) is 12.1 Å². The lowest BCUT2D eigenvalue weighted by atomic mass is 9.98. The number of likely N-dealkylation sites (tertiary alicyclic amines) is 1. The lowest BCUT2D eigenvalue weighted by Gasteiger charge is -2.25. The van der Waals surface area contributed by atoms with Crippen LogP contribution in [0, 0.1) is 0 Å². The Hall–Kier alpha value is -3.35. The molecule has 2 aliphatic rings. The Morgan fingerprint density at radius 3 is 2.16 bits per heavy atom. The van der Waals surface area contributed by atoms with Gasteiger partial charge < -0.3 is 14.8 Å². The smallest absolute Gasteiger partial charge is 0.410 e. The number of ether oxygens (including phenoxy) is 2. The van der Waals surface area contributed by atoms with E-state index in [0.717, 1.165) is 16.7 Å². The maximum Gasteiger partial charge on any atom is 0.410 e. The van der Waals surface area contributed by atoms with Gasteiger partial charge >= 0.3 is 6.09 Å². The average Bonchev–Trinajstić information content (AvgIpc) is 3.45. The molecule has 3 aromatic carbocycles. The van der Waals surface area contributed by atoms with E-state index in [9.17, 15) is 9.59 Å². The highest BCUT2D eigenvalue weighted by Crippen LogP contribution is 2.44. The molecule has 0 spiro atoms. The van der Waals surface area contributed by atoms with Crippen molar-refractivity contribution in [3.63, 3.8) is 0 Å². The van der Waals surface area contributed by atoms with Gasteiger partial charge in [-0.2, -0.15) is 0 Å². The van der Waals surface area contributed by atoms with Gasteiger partial charge in [-0.1, -0.05) is 72.3 Å². The van der Waals surface area contributed by atoms with Crippen molar-refractivity contribution in [3.05, 3.63) is 94.5 Å². The maximum atomic E-state index is 13.4. The predicted molar refractivity (Wildman–Crippen MR) is 148 cm³/mol. The zero-order chi connectivity index (χ0) is 26.9. The van der Waals surface area contributed by atoms with Gasteiger partial charge in [0.15, 0.2) is 0 Å². The summed E-state index contributed by atoms with van der Waals surface area (Å²) in [5.41, 5.74) is 5.16. The number of halogens is 1. The summed E-state index contributed by atoms with van der Waals surface area (Å²) in [5, 5.41) is 3.60. The van der Waals surface area contributed by atoms with Crippen molar-refractivity contribution in [2.75, 3.05) is 13.2 Å². The number of hydrogen-bond donors (Lipinski definition) is 1. The van der Waals surface area contributed by atoms with Crippen LogP contribution in [0.15, 0.2) is 72.8 Å². The third-order valence-corrected chi connectivity index (χ3v) is 7.29. The average molecular weight is 533 g/mol. The second kappa shape index (κ2) is 10.8. The van der Waals surface area contributed by atoms with Gasteiger partial charge in [-0.25, -0.2) is 4.79 Å². The van der Waals surface area contributed by atoms with Crippen LogP contribution in [0.1, 0.15) is 49.8 Å². The summed E-state index contributed by atoms with van der Waals surface area (Å²) in [4.78, 5) is 28.2. The van der Waals surface area contributed by atoms with Crippen LogP contribution in [0.25, 0.3) is 11.1 Å². The van der Waals surface area contributed by atoms with Gasteiger partial charge in [0.1, 0.15) is 12.6 Å². The fraction of sp³-hybridized carbons (Fsp3) is 0.355. The number of carbonyl (C=O) groups excluding carboxylic acids is 2. The summed E-state index contributed by atoms with van der Waals surface area (Å²) in [6, 6.07) is 23.1. The molecule has 0 saturated carbocycles. The van der Waals surface area contributed by atoms with Gasteiger partial charge in [0, 0.05) is 23.9 Å². The Bertz CT molecular complexity index is 1270. The van der Waals surface area contributed by atoms with E-state index in [1.807, 2.05) is 57.2 Å². The summed E-state index contributed by atoms with van der Waals surface area (Å²) in [6.07, 6.45) is -0.353. The number of benzene rings is 3. The zero-order valence-corrected chi connectivity index (χ0v) is 22.7. The topological polar surface area (TPSA) is 67.9 Å². The molecule has 5 rings (SSSR count). The second-order valence-corrected chi connectivity index (χ2v) is 11.3. The molecule has 2 atom stereocenters. The first-order valence-electron chi connectivity index (χ1n) is 13.0. The number of amides is 2. The lowest BCUT2D eigenvalue weighted by Crippen LogP contribution is -2.46. The third kappa shape index (κ3) is 5.71. The van der Waals surface area contributed by atoms with Crippen LogP contribution in [-0.4, -0.2) is 47.8 Å². The van der Waals surface area contributed by atoms with Crippen molar-refractivity contribution in [1.29, 1.82) is 0 Å². The van der Waals surface area contributed by atoms with Crippen molar-refractivity contribution in [3.8, 4) is 11.1 Å². The monoisotopic (exact) mass is 532 g/mol. The van der Waals surface area contributed by atoms with Crippen LogP contribution in [0.5, 0.6) is 0 Å². The highest BCUT2D eigenvalue weighted by atomic mass is 35.5. The van der Waals surface area contributed by atoms with E-state index in [2.05, 4.69) is 29.6 Å². The van der Waals surface area contributed by atoms with Crippen molar-refractivity contribution in [2.24, 2.45) is 0 Å². The van der Waals surface area contributed by atoms with Crippen molar-refractivity contribution >= 4 is 23.6 Å². The van der Waals surface area contributed by atoms with E-state index in [1.165, 1.54) is 16.0 Å². The molecule has 0 bridgehead atoms. The van der Waals surface area contributed by atoms with E-state index in [0.29, 0.717) is 24.5 Å². The van der Waals surface area contributed by atoms with Crippen LogP contribution in [0.4, 0.5) is 4.79 Å². The van der Waals surface area contributed by atoms with E-state index in [4.69, 9.17) is 21.1 Å². The molecule has 1 aliphatic heterocycles. The third-order valence-electron chi connectivity index (χ3n) is 7.04. The molecule has 3 aromatic rings. The van der Waals surface area contributed by atoms with Crippen molar-refractivity contribution in [1.82, 2.24) is 10.2 Å². The second-order valence-electron chi connectivity index (χ2n) is 10.9. The van der Waals surface area contributed by atoms with E-state index >= 15 is 0 Å². The van der Waals surface area contributed by atoms with E-state index < -0.39 is 17.7 Å². The normalized spacial score (nSPS) is 18.7. The Balaban J connectivity index is 1.29. The summed E-state index contributed by atoms with van der Waals surface area (Å²) in [6.45, 7) is 6.76. The first-order chi connectivity index (χ1) is 18.2. The Morgan fingerprint density at radius 1 is 0.947 bits per heavy atom. The molecular formula is C31H33ClN2O4. The quantitative estimate of drug-likeness (QED) is 0.412. The summed E-state index contributed by atoms with van der Waals surface area (Å²) >= 11 is 5.97. The molecule has 2 unspecified atom stereocenters. The van der Waals surface area contributed by atoms with E-state index in [-0.39, 0.29) is 24.5 Å². The van der Waals surface area contributed by atoms with Crippen LogP contribution in [0.3, 0.4) is 0 Å². The molecule has 1 saturated heterocycles. The van der Waals surface area contributed by atoms with Crippen molar-refractivity contribution < 1.29 is 19.1 Å². The van der Waals surface area contributed by atoms with Gasteiger partial charge in [-0.15, -0.1) is 0 Å². The molecule has 0 radical (unpaired) electrons. The molecule has 1 fully saturated rings. The number of hydrogen-bond acceptors (Lipinski definition) is 4. The minimum absolute atomic E-state index is 0.0484. The van der Waals surface area contributed by atoms with Gasteiger partial charge in [0.25, 0.3) is 0 Å². The lowest BCUT2D eigenvalue weighted by molar-refractivity contribution is -0.125. The Labute approximate surface area is 228 Å². The fourth-order valence-corrected chi connectivity index (χ4v) is 5.55. The van der Waals surface area contributed by atoms with Crippen molar-refractivity contribution in [2.45, 2.75) is 57.4 Å². The molecule has 1 aliphatic carbocycles. The number of carbonyl (C=O) groups is 2. The number of nitrogens with one attached hydrogen (secondary N) is 1. The SMILES string of the molecule is CC(C)(C)OC1CC(C(=O)NCc2ccc(Cl)cc2)N(C(=O)OCC2c3ccccc3-c3ccccc32)C1. The summed E-state index contributed by atoms with van der Waals surface area (Å²) in [7, 11) is 0. The Kier molecular flexibility index (Phi) is 7.46. The Morgan fingerprint density at radius 2 is 1.55 bits per heavy atom. The highest BCUT2D eigenvalue weighted by molar-refractivity contribution is 6.30. The molecule has 0 aromatic heterocycles. The molecule has 38 heavy (non-hydrogen) atoms. The summed E-state index contributed by atoms with van der Waals surface area (Å²) < 4.78 is 12.1. The maximum absolute atomic E-state index is 13.4. The first kappa shape index (κ1) is 26.3. The highest BCUT2D eigenvalue weighted by Gasteiger charge is 2.42. The molecule has 1 N–H and O–H groups in total. The van der Waals surface area contributed by atoms with Crippen LogP contribution >= 0.6 is 11.6 Å². The van der Waals surface area contributed by atoms with Gasteiger partial charge in [0.05, 0.1) is 18.2 Å². The molecule has 198 valence electrons. The number of rotatable bonds is 6. The molecule has 2 amide bonds. The van der Waals surface area contributed by atoms with Crippen LogP contribution < -0.4 is 5.32 Å². The van der Waals surface area contributed by atoms with Gasteiger partial charge in [0.2, 0.25) is 5.91 Å². The fourth-order valence-electron chi connectivity index (χ4n) is 5.42. The molecule has 7 heteroatoms. The molecule has 1 heterocycles. The standard InChI is InChI=1S/C31H33ClN2O4/c1-31(2,3)38-22-16-28(29(35)33-17-20-12-14-21(32)15-13-20)34(18-22)30(36)37-19-27-25-10-6-4-8-23(25)24-9-5-7-11-26(24)27/h4-15,22,27-28H,16-19H2,1-3H3,(H,33,35). The van der Waals surface area contributed by atoms with Gasteiger partial charge in [-0.05, 0) is 60.7 Å². The molecule has 6 nitrogen and oxygen atoms in total. The predicted octanol–water partition coefficient (Wildman–Crippen LogP) is 6.16. The molecular weight excluding hydrogens is 500 g/mol. The van der Waals surface area contributed by atoms with Crippen LogP contribution in [-0.2, 0) is 20.8 Å². The van der Waals surface area contributed by atoms with Gasteiger partial charge in [-0.3, -0.25) is 9.69 Å². The van der Waals surface area contributed by atoms with Crippen LogP contribution in [0.2, 0.25) is 5.02 Å². The minimum atomic E-state index is -0.676. The zero-order valence-electron chi connectivity index (χ0n) is 21.9. The minimum Gasteiger partial charge on any atom is -0.448 e. The largest absolute Gasteiger partial charge is 0.448 e. The number of nitrogens with zero attached hydrogens (tertiary/aromatic N) is 1. The first-order valence-corrected chi connectivity index (χ1v) is 13.4.